The summed E-state index contributed by atoms with van der Waals surface area (Å²) in [5, 5.41) is 5.54. The van der Waals surface area contributed by atoms with E-state index in [1.165, 1.54) is 0 Å². The number of hydrogen-bond acceptors (Lipinski definition) is 5. The molecular weight excluding hydrogens is 473 g/mol. The van der Waals surface area contributed by atoms with E-state index in [0.717, 1.165) is 17.6 Å². The number of urea groups is 1. The predicted octanol–water partition coefficient (Wildman–Crippen LogP) is 3.50. The van der Waals surface area contributed by atoms with Crippen LogP contribution in [0.2, 0.25) is 0 Å². The number of aromatic nitrogens is 1. The number of rotatable bonds is 5. The third-order valence-corrected chi connectivity index (χ3v) is 7.45. The Morgan fingerprint density at radius 2 is 2.03 bits per heavy atom. The van der Waals surface area contributed by atoms with Crippen LogP contribution in [0.5, 0.6) is 0 Å². The molecule has 3 unspecified atom stereocenters. The zero-order valence-electron chi connectivity index (χ0n) is 17.6. The second kappa shape index (κ2) is 8.20. The van der Waals surface area contributed by atoms with Gasteiger partial charge in [-0.25, -0.2) is 13.7 Å². The Kier molecular flexibility index (Phi) is 5.44. The molecule has 1 aliphatic carbocycles. The quantitative estimate of drug-likeness (QED) is 0.472. The molecule has 1 aliphatic heterocycles. The van der Waals surface area contributed by atoms with Gasteiger partial charge in [-0.05, 0) is 31.0 Å². The van der Waals surface area contributed by atoms with Crippen LogP contribution in [-0.2, 0) is 22.0 Å². The summed E-state index contributed by atoms with van der Waals surface area (Å²) >= 11 is 0. The van der Waals surface area contributed by atoms with Crippen molar-refractivity contribution in [3.63, 3.8) is 0 Å². The third kappa shape index (κ3) is 3.86. The first kappa shape index (κ1) is 22.5. The average Bonchev–Trinajstić information content (AvgIpc) is 3.48. The van der Waals surface area contributed by atoms with Crippen molar-refractivity contribution >= 4 is 33.9 Å². The number of hydrogen-bond donors (Lipinski definition) is 3. The number of para-hydroxylation sites is 1. The number of carbonyl (C=O) groups excluding carboxylic acids is 2. The second-order valence-electron chi connectivity index (χ2n) is 8.30. The van der Waals surface area contributed by atoms with Crippen molar-refractivity contribution in [1.29, 1.82) is 0 Å². The van der Waals surface area contributed by atoms with Crippen molar-refractivity contribution in [2.75, 3.05) is 6.54 Å². The van der Waals surface area contributed by atoms with E-state index in [0.29, 0.717) is 24.8 Å². The Hall–Kier alpha value is -3.25. The molecule has 2 fully saturated rings. The van der Waals surface area contributed by atoms with Crippen LogP contribution in [0.25, 0.3) is 22.4 Å². The maximum atomic E-state index is 13.9. The van der Waals surface area contributed by atoms with Gasteiger partial charge in [0.1, 0.15) is 27.8 Å². The van der Waals surface area contributed by atoms with Gasteiger partial charge in [-0.3, -0.25) is 15.1 Å². The fourth-order valence-corrected chi connectivity index (χ4v) is 5.66. The zero-order valence-corrected chi connectivity index (χ0v) is 18.4. The second-order valence-corrected chi connectivity index (χ2v) is 9.56. The van der Waals surface area contributed by atoms with Gasteiger partial charge in [0.15, 0.2) is 5.76 Å². The largest absolute Gasteiger partial charge is 0.454 e. The lowest BCUT2D eigenvalue weighted by Gasteiger charge is -2.28. The summed E-state index contributed by atoms with van der Waals surface area (Å²) < 4.78 is 62.7. The van der Waals surface area contributed by atoms with Crippen molar-refractivity contribution in [3.05, 3.63) is 48.2 Å². The first-order valence-corrected chi connectivity index (χ1v) is 11.7. The van der Waals surface area contributed by atoms with Crippen molar-refractivity contribution in [2.45, 2.75) is 35.9 Å². The van der Waals surface area contributed by atoms with Crippen LogP contribution in [0.4, 0.5) is 18.0 Å². The fraction of sp³-hybridized carbons (Fsp3) is 0.318. The SMILES string of the molecule is O=C1NC(=O)C2(CCCC2CNS(=O)c2cnc(-c3cc4ccccc4o3)cc2C(F)(F)F)N1. The molecule has 34 heavy (non-hydrogen) atoms. The Morgan fingerprint density at radius 3 is 2.74 bits per heavy atom. The van der Waals surface area contributed by atoms with Gasteiger partial charge in [-0.1, -0.05) is 24.6 Å². The highest BCUT2D eigenvalue weighted by molar-refractivity contribution is 7.83. The van der Waals surface area contributed by atoms with Gasteiger partial charge in [0.05, 0.1) is 10.5 Å². The normalized spacial score (nSPS) is 23.4. The number of halogens is 3. The molecule has 2 aromatic heterocycles. The molecule has 1 spiro atoms. The van der Waals surface area contributed by atoms with E-state index >= 15 is 0 Å². The monoisotopic (exact) mass is 492 g/mol. The van der Waals surface area contributed by atoms with Gasteiger partial charge in [0, 0.05) is 24.0 Å². The smallest absolute Gasteiger partial charge is 0.417 e. The van der Waals surface area contributed by atoms with Gasteiger partial charge in [0.25, 0.3) is 5.91 Å². The van der Waals surface area contributed by atoms with Crippen LogP contribution in [0, 0.1) is 5.92 Å². The van der Waals surface area contributed by atoms with E-state index in [1.54, 1.807) is 30.3 Å². The zero-order chi connectivity index (χ0) is 24.1. The number of furan rings is 1. The summed E-state index contributed by atoms with van der Waals surface area (Å²) in [5.74, 6) is -0.728. The predicted molar refractivity (Wildman–Crippen MR) is 116 cm³/mol. The molecule has 3 atom stereocenters. The van der Waals surface area contributed by atoms with Crippen molar-refractivity contribution in [2.24, 2.45) is 5.92 Å². The number of fused-ring (bicyclic) bond motifs is 1. The molecule has 5 rings (SSSR count). The molecule has 2 aliphatic rings. The van der Waals surface area contributed by atoms with E-state index in [2.05, 4.69) is 20.3 Å². The van der Waals surface area contributed by atoms with Crippen molar-refractivity contribution < 1.29 is 31.4 Å². The minimum absolute atomic E-state index is 0.0249. The van der Waals surface area contributed by atoms with Crippen LogP contribution in [0.15, 0.2) is 51.9 Å². The molecule has 3 amide bonds. The van der Waals surface area contributed by atoms with Crippen LogP contribution >= 0.6 is 0 Å². The fourth-order valence-electron chi connectivity index (χ4n) is 4.63. The van der Waals surface area contributed by atoms with Crippen molar-refractivity contribution in [1.82, 2.24) is 20.3 Å². The van der Waals surface area contributed by atoms with Crippen molar-refractivity contribution in [3.8, 4) is 11.5 Å². The summed E-state index contributed by atoms with van der Waals surface area (Å²) in [6.07, 6.45) is -2.26. The maximum absolute atomic E-state index is 13.9. The van der Waals surface area contributed by atoms with Crippen LogP contribution in [-0.4, -0.2) is 33.2 Å². The summed E-state index contributed by atoms with van der Waals surface area (Å²) in [5.41, 5.74) is -1.76. The Labute approximate surface area is 193 Å². The highest BCUT2D eigenvalue weighted by Gasteiger charge is 2.54. The Bertz CT molecular complexity index is 1290. The third-order valence-electron chi connectivity index (χ3n) is 6.30. The minimum atomic E-state index is -4.79. The maximum Gasteiger partial charge on any atom is 0.417 e. The molecule has 8 nitrogen and oxygen atoms in total. The lowest BCUT2D eigenvalue weighted by Crippen LogP contribution is -2.52. The highest BCUT2D eigenvalue weighted by atomic mass is 32.2. The average molecular weight is 492 g/mol. The molecule has 178 valence electrons. The van der Waals surface area contributed by atoms with Crippen LogP contribution < -0.4 is 15.4 Å². The van der Waals surface area contributed by atoms with E-state index in [4.69, 9.17) is 4.42 Å². The number of imide groups is 1. The molecule has 0 radical (unpaired) electrons. The molecule has 1 aromatic carbocycles. The lowest BCUT2D eigenvalue weighted by molar-refractivity contribution is -0.139. The van der Waals surface area contributed by atoms with Gasteiger partial charge >= 0.3 is 12.2 Å². The van der Waals surface area contributed by atoms with E-state index in [-0.39, 0.29) is 18.0 Å². The first-order chi connectivity index (χ1) is 16.2. The molecule has 0 bridgehead atoms. The van der Waals surface area contributed by atoms with Gasteiger partial charge in [-0.15, -0.1) is 0 Å². The van der Waals surface area contributed by atoms with Gasteiger partial charge < -0.3 is 9.73 Å². The summed E-state index contributed by atoms with van der Waals surface area (Å²) in [7, 11) is -2.26. The summed E-state index contributed by atoms with van der Waals surface area (Å²) in [6.45, 7) is -0.0249. The molecule has 3 N–H and O–H groups in total. The topological polar surface area (TPSA) is 113 Å². The number of alkyl halides is 3. The lowest BCUT2D eigenvalue weighted by atomic mass is 9.87. The van der Waals surface area contributed by atoms with Crippen LogP contribution in [0.3, 0.4) is 0 Å². The number of benzene rings is 1. The Balaban J connectivity index is 1.40. The Morgan fingerprint density at radius 1 is 1.24 bits per heavy atom. The highest BCUT2D eigenvalue weighted by Crippen LogP contribution is 2.39. The molecule has 1 saturated carbocycles. The summed E-state index contributed by atoms with van der Waals surface area (Å²) in [6, 6.07) is 8.79. The number of amides is 3. The molecular formula is C22H19F3N4O4S. The molecule has 3 aromatic rings. The van der Waals surface area contributed by atoms with Gasteiger partial charge in [0.2, 0.25) is 0 Å². The van der Waals surface area contributed by atoms with Crippen LogP contribution in [0.1, 0.15) is 24.8 Å². The standard InChI is InChI=1S/C22H19F3N4O4S/c23-22(24,25)14-9-15(17-8-12-4-1-2-6-16(12)33-17)26-11-18(14)34(32)27-10-13-5-3-7-21(13)19(30)28-20(31)29-21/h1-2,4,6,8-9,11,13,27H,3,5,7,10H2,(H2,28,29,30,31). The number of pyridine rings is 1. The van der Waals surface area contributed by atoms with Gasteiger partial charge in [-0.2, -0.15) is 13.2 Å². The van der Waals surface area contributed by atoms with E-state index in [1.807, 2.05) is 0 Å². The van der Waals surface area contributed by atoms with E-state index in [9.17, 15) is 27.0 Å². The van der Waals surface area contributed by atoms with E-state index < -0.39 is 51.0 Å². The molecule has 12 heteroatoms. The molecule has 1 saturated heterocycles. The molecule has 3 heterocycles. The first-order valence-electron chi connectivity index (χ1n) is 10.5. The summed E-state index contributed by atoms with van der Waals surface area (Å²) in [4.78, 5) is 27.4. The number of nitrogens with one attached hydrogen (secondary N) is 3. The number of carbonyl (C=O) groups is 2. The minimum Gasteiger partial charge on any atom is -0.454 e. The number of nitrogens with zero attached hydrogens (tertiary/aromatic N) is 1.